The second-order valence-corrected chi connectivity index (χ2v) is 6.86. The smallest absolute Gasteiger partial charge is 0.437 e. The maximum absolute atomic E-state index is 12.6. The summed E-state index contributed by atoms with van der Waals surface area (Å²) in [4.78, 5) is 37.0. The van der Waals surface area contributed by atoms with Crippen molar-refractivity contribution in [3.63, 3.8) is 0 Å². The number of carbonyl (C=O) groups is 2. The van der Waals surface area contributed by atoms with E-state index >= 15 is 0 Å². The summed E-state index contributed by atoms with van der Waals surface area (Å²) in [6.45, 7) is -0.360. The number of furan rings is 1. The Morgan fingerprint density at radius 1 is 1.14 bits per heavy atom. The molecule has 1 aliphatic rings. The van der Waals surface area contributed by atoms with Gasteiger partial charge in [0, 0.05) is 6.04 Å². The third kappa shape index (κ3) is 4.29. The van der Waals surface area contributed by atoms with Gasteiger partial charge in [0.25, 0.3) is 11.8 Å². The molecule has 2 amide bonds. The van der Waals surface area contributed by atoms with E-state index in [1.807, 2.05) is 0 Å². The number of nitrogens with zero attached hydrogens (tertiary/aromatic N) is 2. The summed E-state index contributed by atoms with van der Waals surface area (Å²) in [5.41, 5.74) is 0.743. The Kier molecular flexibility index (Phi) is 5.28. The average Bonchev–Trinajstić information content (AvgIpc) is 3.45. The van der Waals surface area contributed by atoms with Gasteiger partial charge < -0.3 is 19.5 Å². The third-order valence-electron chi connectivity index (χ3n) is 4.77. The fourth-order valence-corrected chi connectivity index (χ4v) is 3.36. The van der Waals surface area contributed by atoms with Gasteiger partial charge in [0.2, 0.25) is 5.91 Å². The Balaban J connectivity index is 1.45. The molecule has 150 valence electrons. The Morgan fingerprint density at radius 2 is 1.93 bits per heavy atom. The number of para-hydroxylation sites is 1. The normalized spacial score (nSPS) is 14.1. The monoisotopic (exact) mass is 396 g/mol. The van der Waals surface area contributed by atoms with E-state index in [4.69, 9.17) is 8.83 Å². The van der Waals surface area contributed by atoms with Crippen molar-refractivity contribution < 1.29 is 18.4 Å². The second-order valence-electron chi connectivity index (χ2n) is 6.86. The maximum atomic E-state index is 12.6. The molecule has 1 aliphatic carbocycles. The number of amides is 2. The SMILES string of the molecule is O=C(Cn1nc(-c2ccco2)oc1=O)Nc1ccccc1C(=O)NC1CCCC1. The van der Waals surface area contributed by atoms with Crippen molar-refractivity contribution in [3.05, 3.63) is 58.8 Å². The van der Waals surface area contributed by atoms with Crippen LogP contribution in [-0.2, 0) is 11.3 Å². The van der Waals surface area contributed by atoms with E-state index in [1.165, 1.54) is 6.26 Å². The van der Waals surface area contributed by atoms with Crippen molar-refractivity contribution in [2.24, 2.45) is 0 Å². The highest BCUT2D eigenvalue weighted by Crippen LogP contribution is 2.20. The molecule has 29 heavy (non-hydrogen) atoms. The maximum Gasteiger partial charge on any atom is 0.437 e. The first-order valence-electron chi connectivity index (χ1n) is 9.42. The minimum Gasteiger partial charge on any atom is -0.459 e. The lowest BCUT2D eigenvalue weighted by Gasteiger charge is -2.14. The molecule has 9 nitrogen and oxygen atoms in total. The zero-order valence-electron chi connectivity index (χ0n) is 15.6. The molecule has 2 heterocycles. The predicted octanol–water partition coefficient (Wildman–Crippen LogP) is 2.41. The fourth-order valence-electron chi connectivity index (χ4n) is 3.36. The standard InChI is InChI=1S/C20H20N4O5/c25-17(12-24-20(27)29-19(23-24)16-10-5-11-28-16)22-15-9-4-3-8-14(15)18(26)21-13-6-1-2-7-13/h3-5,8-11,13H,1-2,6-7,12H2,(H,21,26)(H,22,25). The van der Waals surface area contributed by atoms with Gasteiger partial charge in [-0.25, -0.2) is 4.79 Å². The van der Waals surface area contributed by atoms with Crippen molar-refractivity contribution in [2.45, 2.75) is 38.3 Å². The van der Waals surface area contributed by atoms with Gasteiger partial charge in [-0.15, -0.1) is 5.10 Å². The van der Waals surface area contributed by atoms with Crippen molar-refractivity contribution in [2.75, 3.05) is 5.32 Å². The van der Waals surface area contributed by atoms with Crippen molar-refractivity contribution in [1.82, 2.24) is 15.1 Å². The lowest BCUT2D eigenvalue weighted by Crippen LogP contribution is -2.33. The molecule has 0 bridgehead atoms. The number of carbonyl (C=O) groups excluding carboxylic acids is 2. The number of nitrogens with one attached hydrogen (secondary N) is 2. The Hall–Kier alpha value is -3.62. The van der Waals surface area contributed by atoms with E-state index in [1.54, 1.807) is 36.4 Å². The van der Waals surface area contributed by atoms with Gasteiger partial charge >= 0.3 is 5.76 Å². The van der Waals surface area contributed by atoms with Gasteiger partial charge in [0.15, 0.2) is 5.76 Å². The summed E-state index contributed by atoms with van der Waals surface area (Å²) in [6, 6.07) is 10.1. The highest BCUT2D eigenvalue weighted by Gasteiger charge is 2.21. The van der Waals surface area contributed by atoms with Gasteiger partial charge in [0.05, 0.1) is 17.5 Å². The average molecular weight is 396 g/mol. The summed E-state index contributed by atoms with van der Waals surface area (Å²) in [5.74, 6) is -1.24. The van der Waals surface area contributed by atoms with Gasteiger partial charge in [-0.1, -0.05) is 25.0 Å². The van der Waals surface area contributed by atoms with Crippen LogP contribution in [-0.4, -0.2) is 27.6 Å². The Morgan fingerprint density at radius 3 is 2.69 bits per heavy atom. The molecule has 4 rings (SSSR count). The summed E-state index contributed by atoms with van der Waals surface area (Å²) in [6.07, 6.45) is 5.57. The van der Waals surface area contributed by atoms with Crippen LogP contribution < -0.4 is 16.4 Å². The molecule has 3 aromatic rings. The number of hydrogen-bond donors (Lipinski definition) is 2. The number of aromatic nitrogens is 2. The van der Waals surface area contributed by atoms with Crippen LogP contribution in [0.25, 0.3) is 11.7 Å². The van der Waals surface area contributed by atoms with Crippen LogP contribution in [0, 0.1) is 0 Å². The molecule has 0 radical (unpaired) electrons. The van der Waals surface area contributed by atoms with Gasteiger partial charge in [-0.2, -0.15) is 4.68 Å². The van der Waals surface area contributed by atoms with E-state index in [0.29, 0.717) is 11.3 Å². The van der Waals surface area contributed by atoms with E-state index in [0.717, 1.165) is 30.4 Å². The molecule has 9 heteroatoms. The van der Waals surface area contributed by atoms with Gasteiger partial charge in [0.1, 0.15) is 6.54 Å². The third-order valence-corrected chi connectivity index (χ3v) is 4.77. The summed E-state index contributed by atoms with van der Waals surface area (Å²) < 4.78 is 11.0. The molecular formula is C20H20N4O5. The molecule has 2 N–H and O–H groups in total. The number of hydrogen-bond acceptors (Lipinski definition) is 6. The first-order chi connectivity index (χ1) is 14.1. The van der Waals surface area contributed by atoms with E-state index in [9.17, 15) is 14.4 Å². The van der Waals surface area contributed by atoms with Crippen LogP contribution in [0.1, 0.15) is 36.0 Å². The zero-order valence-corrected chi connectivity index (χ0v) is 15.6. The van der Waals surface area contributed by atoms with E-state index < -0.39 is 11.7 Å². The molecule has 2 aromatic heterocycles. The molecule has 1 aromatic carbocycles. The number of rotatable bonds is 6. The fraction of sp³-hybridized carbons (Fsp3) is 0.300. The van der Waals surface area contributed by atoms with Crippen molar-refractivity contribution in [3.8, 4) is 11.7 Å². The topological polar surface area (TPSA) is 119 Å². The molecular weight excluding hydrogens is 376 g/mol. The number of benzene rings is 1. The first kappa shape index (κ1) is 18.7. The van der Waals surface area contributed by atoms with E-state index in [-0.39, 0.29) is 30.1 Å². The second kappa shape index (κ2) is 8.17. The van der Waals surface area contributed by atoms with Gasteiger partial charge in [-0.05, 0) is 37.1 Å². The van der Waals surface area contributed by atoms with Crippen LogP contribution in [0.3, 0.4) is 0 Å². The molecule has 0 unspecified atom stereocenters. The molecule has 0 atom stereocenters. The number of anilines is 1. The lowest BCUT2D eigenvalue weighted by molar-refractivity contribution is -0.117. The minimum absolute atomic E-state index is 0.0101. The quantitative estimate of drug-likeness (QED) is 0.660. The van der Waals surface area contributed by atoms with Crippen LogP contribution in [0.4, 0.5) is 5.69 Å². The van der Waals surface area contributed by atoms with Crippen molar-refractivity contribution >= 4 is 17.5 Å². The Bertz CT molecular complexity index is 1060. The molecule has 0 spiro atoms. The van der Waals surface area contributed by atoms with Crippen LogP contribution in [0.15, 0.2) is 56.3 Å². The highest BCUT2D eigenvalue weighted by molar-refractivity contribution is 6.03. The molecule has 1 saturated carbocycles. The molecule has 0 aliphatic heterocycles. The minimum atomic E-state index is -0.779. The summed E-state index contributed by atoms with van der Waals surface area (Å²) in [5, 5.41) is 9.64. The lowest BCUT2D eigenvalue weighted by atomic mass is 10.1. The van der Waals surface area contributed by atoms with Crippen LogP contribution >= 0.6 is 0 Å². The van der Waals surface area contributed by atoms with Crippen LogP contribution in [0.5, 0.6) is 0 Å². The predicted molar refractivity (Wildman–Crippen MR) is 103 cm³/mol. The molecule has 0 saturated heterocycles. The van der Waals surface area contributed by atoms with Gasteiger partial charge in [-0.3, -0.25) is 9.59 Å². The highest BCUT2D eigenvalue weighted by atomic mass is 16.4. The largest absolute Gasteiger partial charge is 0.459 e. The molecule has 1 fully saturated rings. The van der Waals surface area contributed by atoms with E-state index in [2.05, 4.69) is 15.7 Å². The zero-order chi connectivity index (χ0) is 20.2. The first-order valence-corrected chi connectivity index (χ1v) is 9.42. The summed E-state index contributed by atoms with van der Waals surface area (Å²) in [7, 11) is 0. The van der Waals surface area contributed by atoms with Crippen LogP contribution in [0.2, 0.25) is 0 Å². The Labute approximate surface area is 165 Å². The summed E-state index contributed by atoms with van der Waals surface area (Å²) >= 11 is 0. The van der Waals surface area contributed by atoms with Crippen molar-refractivity contribution in [1.29, 1.82) is 0 Å².